The number of aromatic carboxylic acids is 1. The number of aromatic nitrogens is 1. The lowest BCUT2D eigenvalue weighted by molar-refractivity contribution is 0.0696. The maximum Gasteiger partial charge on any atom is 0.336 e. The van der Waals surface area contributed by atoms with Crippen LogP contribution in [0.2, 0.25) is 0 Å². The van der Waals surface area contributed by atoms with Gasteiger partial charge in [-0.15, -0.1) is 0 Å². The zero-order valence-corrected chi connectivity index (χ0v) is 14.5. The summed E-state index contributed by atoms with van der Waals surface area (Å²) >= 11 is 0. The summed E-state index contributed by atoms with van der Waals surface area (Å²) in [4.78, 5) is 15.8. The molecule has 0 saturated carbocycles. The van der Waals surface area contributed by atoms with Crippen molar-refractivity contribution < 1.29 is 9.90 Å². The summed E-state index contributed by atoms with van der Waals surface area (Å²) in [6.45, 7) is 5.90. The van der Waals surface area contributed by atoms with Crippen LogP contribution in [0.15, 0.2) is 59.6 Å². The molecule has 0 aliphatic rings. The Labute approximate surface area is 147 Å². The monoisotopic (exact) mass is 332 g/mol. The van der Waals surface area contributed by atoms with E-state index in [1.54, 1.807) is 25.3 Å². The second kappa shape index (κ2) is 6.77. The number of hydrogen-bond acceptors (Lipinski definition) is 2. The fourth-order valence-corrected chi connectivity index (χ4v) is 3.03. The average Bonchev–Trinajstić information content (AvgIpc) is 2.88. The van der Waals surface area contributed by atoms with Crippen LogP contribution in [0.25, 0.3) is 5.69 Å². The van der Waals surface area contributed by atoms with Crippen LogP contribution in [0.1, 0.15) is 32.9 Å². The molecule has 3 rings (SSSR count). The maximum atomic E-state index is 11.3. The fourth-order valence-electron chi connectivity index (χ4n) is 3.03. The van der Waals surface area contributed by atoms with Gasteiger partial charge in [0.05, 0.1) is 11.3 Å². The molecule has 4 nitrogen and oxygen atoms in total. The number of hydrogen-bond donors (Lipinski definition) is 1. The number of aryl methyl sites for hydroxylation is 1. The SMILES string of the molecule is Cc1c(N=Cc2cc(C)n(-c3ccccc3)c2C)cccc1C(=O)O. The van der Waals surface area contributed by atoms with E-state index in [0.717, 1.165) is 22.6 Å². The first-order valence-corrected chi connectivity index (χ1v) is 8.10. The second-order valence-corrected chi connectivity index (χ2v) is 6.01. The number of nitrogens with zero attached hydrogens (tertiary/aromatic N) is 2. The lowest BCUT2D eigenvalue weighted by Gasteiger charge is -2.09. The average molecular weight is 332 g/mol. The van der Waals surface area contributed by atoms with Crippen molar-refractivity contribution in [3.05, 3.63) is 82.7 Å². The third kappa shape index (κ3) is 3.24. The largest absolute Gasteiger partial charge is 0.478 e. The van der Waals surface area contributed by atoms with Crippen molar-refractivity contribution in [3.63, 3.8) is 0 Å². The van der Waals surface area contributed by atoms with E-state index in [-0.39, 0.29) is 5.56 Å². The van der Waals surface area contributed by atoms with Crippen molar-refractivity contribution in [3.8, 4) is 5.69 Å². The highest BCUT2D eigenvalue weighted by atomic mass is 16.4. The number of carboxylic acids is 1. The van der Waals surface area contributed by atoms with Crippen LogP contribution in [0, 0.1) is 20.8 Å². The first kappa shape index (κ1) is 16.7. The molecule has 0 spiro atoms. The Hall–Kier alpha value is -3.14. The molecule has 1 heterocycles. The number of carboxylic acid groups (broad SMARTS) is 1. The van der Waals surface area contributed by atoms with Crippen LogP contribution in [-0.2, 0) is 0 Å². The Morgan fingerprint density at radius 2 is 1.76 bits per heavy atom. The fraction of sp³-hybridized carbons (Fsp3) is 0.143. The van der Waals surface area contributed by atoms with Gasteiger partial charge in [0, 0.05) is 28.9 Å². The maximum absolute atomic E-state index is 11.3. The minimum Gasteiger partial charge on any atom is -0.478 e. The van der Waals surface area contributed by atoms with E-state index in [9.17, 15) is 9.90 Å². The predicted octanol–water partition coefficient (Wildman–Crippen LogP) is 4.85. The predicted molar refractivity (Wildman–Crippen MR) is 101 cm³/mol. The topological polar surface area (TPSA) is 54.6 Å². The van der Waals surface area contributed by atoms with Crippen molar-refractivity contribution in [2.45, 2.75) is 20.8 Å². The Morgan fingerprint density at radius 1 is 1.04 bits per heavy atom. The van der Waals surface area contributed by atoms with Crippen molar-refractivity contribution in [1.29, 1.82) is 0 Å². The smallest absolute Gasteiger partial charge is 0.336 e. The number of aliphatic imine (C=N–C) groups is 1. The van der Waals surface area contributed by atoms with Gasteiger partial charge in [0.25, 0.3) is 0 Å². The molecule has 25 heavy (non-hydrogen) atoms. The molecule has 126 valence electrons. The van der Waals surface area contributed by atoms with Crippen molar-refractivity contribution in [2.75, 3.05) is 0 Å². The minimum atomic E-state index is -0.934. The molecule has 0 aliphatic carbocycles. The van der Waals surface area contributed by atoms with Gasteiger partial charge >= 0.3 is 5.97 Å². The molecular weight excluding hydrogens is 312 g/mol. The molecule has 0 bridgehead atoms. The van der Waals surface area contributed by atoms with Crippen molar-refractivity contribution in [2.24, 2.45) is 4.99 Å². The van der Waals surface area contributed by atoms with Crippen LogP contribution >= 0.6 is 0 Å². The third-order valence-electron chi connectivity index (χ3n) is 4.36. The summed E-state index contributed by atoms with van der Waals surface area (Å²) < 4.78 is 2.18. The van der Waals surface area contributed by atoms with Crippen LogP contribution in [0.5, 0.6) is 0 Å². The van der Waals surface area contributed by atoms with Crippen LogP contribution < -0.4 is 0 Å². The first-order valence-electron chi connectivity index (χ1n) is 8.10. The molecular formula is C21H20N2O2. The molecule has 0 atom stereocenters. The molecule has 2 aromatic carbocycles. The molecule has 0 radical (unpaired) electrons. The van der Waals surface area contributed by atoms with Gasteiger partial charge < -0.3 is 9.67 Å². The molecule has 0 amide bonds. The summed E-state index contributed by atoms with van der Waals surface area (Å²) in [6.07, 6.45) is 1.80. The molecule has 4 heteroatoms. The quantitative estimate of drug-likeness (QED) is 0.694. The summed E-state index contributed by atoms with van der Waals surface area (Å²) in [5.74, 6) is -0.934. The van der Waals surface area contributed by atoms with Gasteiger partial charge in [-0.05, 0) is 56.7 Å². The van der Waals surface area contributed by atoms with E-state index in [1.165, 1.54) is 0 Å². The summed E-state index contributed by atoms with van der Waals surface area (Å²) in [6, 6.07) is 17.4. The standard InChI is InChI=1S/C21H20N2O2/c1-14-12-17(16(3)23(14)18-8-5-4-6-9-18)13-22-20-11-7-10-19(15(20)2)21(24)25/h4-13H,1-3H3,(H,24,25). The molecule has 1 N–H and O–H groups in total. The van der Waals surface area contributed by atoms with Crippen LogP contribution in [0.4, 0.5) is 5.69 Å². The van der Waals surface area contributed by atoms with E-state index in [4.69, 9.17) is 0 Å². The van der Waals surface area contributed by atoms with Gasteiger partial charge in [-0.1, -0.05) is 24.3 Å². The molecule has 0 aliphatic heterocycles. The van der Waals surface area contributed by atoms with Crippen LogP contribution in [-0.4, -0.2) is 21.9 Å². The van der Waals surface area contributed by atoms with Crippen LogP contribution in [0.3, 0.4) is 0 Å². The van der Waals surface area contributed by atoms with Crippen molar-refractivity contribution in [1.82, 2.24) is 4.57 Å². The van der Waals surface area contributed by atoms with E-state index in [2.05, 4.69) is 41.6 Å². The highest BCUT2D eigenvalue weighted by Crippen LogP contribution is 2.24. The zero-order chi connectivity index (χ0) is 18.0. The Bertz CT molecular complexity index is 954. The second-order valence-electron chi connectivity index (χ2n) is 6.01. The zero-order valence-electron chi connectivity index (χ0n) is 14.5. The van der Waals surface area contributed by atoms with E-state index in [1.807, 2.05) is 24.3 Å². The normalized spacial score (nSPS) is 11.2. The first-order chi connectivity index (χ1) is 12.0. The number of benzene rings is 2. The highest BCUT2D eigenvalue weighted by Gasteiger charge is 2.11. The summed E-state index contributed by atoms with van der Waals surface area (Å²) in [5.41, 5.74) is 5.97. The van der Waals surface area contributed by atoms with Gasteiger partial charge in [0.2, 0.25) is 0 Å². The Morgan fingerprint density at radius 3 is 2.44 bits per heavy atom. The van der Waals surface area contributed by atoms with Gasteiger partial charge in [-0.3, -0.25) is 4.99 Å². The van der Waals surface area contributed by atoms with Gasteiger partial charge in [0.15, 0.2) is 0 Å². The van der Waals surface area contributed by atoms with E-state index >= 15 is 0 Å². The number of rotatable bonds is 4. The lowest BCUT2D eigenvalue weighted by Crippen LogP contribution is -1.99. The van der Waals surface area contributed by atoms with Gasteiger partial charge in [-0.25, -0.2) is 4.79 Å². The molecule has 0 fully saturated rings. The van der Waals surface area contributed by atoms with Gasteiger partial charge in [-0.2, -0.15) is 0 Å². The van der Waals surface area contributed by atoms with E-state index in [0.29, 0.717) is 11.3 Å². The molecule has 0 unspecified atom stereocenters. The van der Waals surface area contributed by atoms with Gasteiger partial charge in [0.1, 0.15) is 0 Å². The Balaban J connectivity index is 1.99. The molecule has 0 saturated heterocycles. The van der Waals surface area contributed by atoms with Crippen molar-refractivity contribution >= 4 is 17.9 Å². The molecule has 1 aromatic heterocycles. The number of carbonyl (C=O) groups is 1. The lowest BCUT2D eigenvalue weighted by atomic mass is 10.1. The summed E-state index contributed by atoms with van der Waals surface area (Å²) in [7, 11) is 0. The third-order valence-corrected chi connectivity index (χ3v) is 4.36. The minimum absolute atomic E-state index is 0.282. The summed E-state index contributed by atoms with van der Waals surface area (Å²) in [5, 5.41) is 9.23. The highest BCUT2D eigenvalue weighted by molar-refractivity contribution is 5.92. The number of para-hydroxylation sites is 1. The molecule has 3 aromatic rings. The van der Waals surface area contributed by atoms with E-state index < -0.39 is 5.97 Å². The Kier molecular flexibility index (Phi) is 4.52.